The Kier molecular flexibility index (Phi) is 6.75. The van der Waals surface area contributed by atoms with Crippen LogP contribution >= 0.6 is 23.2 Å². The molecule has 0 atom stereocenters. The molecule has 0 heterocycles. The summed E-state index contributed by atoms with van der Waals surface area (Å²) < 4.78 is 31.8. The van der Waals surface area contributed by atoms with Gasteiger partial charge < -0.3 is 10.8 Å². The van der Waals surface area contributed by atoms with Crippen LogP contribution in [0.25, 0.3) is 10.8 Å². The number of benzene rings is 3. The van der Waals surface area contributed by atoms with Gasteiger partial charge in [0.05, 0.1) is 31.7 Å². The maximum Gasteiger partial charge on any atom is 0.294 e. The van der Waals surface area contributed by atoms with Crippen LogP contribution in [0.2, 0.25) is 10.0 Å². The van der Waals surface area contributed by atoms with Crippen molar-refractivity contribution in [1.29, 1.82) is 0 Å². The smallest absolute Gasteiger partial charge is 0.294 e. The van der Waals surface area contributed by atoms with E-state index in [9.17, 15) is 13.5 Å². The van der Waals surface area contributed by atoms with Gasteiger partial charge in [0.2, 0.25) is 0 Å². The van der Waals surface area contributed by atoms with E-state index < -0.39 is 20.8 Å². The molecule has 0 spiro atoms. The SMILES string of the molecule is Nc1ccc2cc(S(=O)(=O)O)cc(O)c2c1N=Nc1ccc(Cl)c(Cl)c1.[Na]. The summed E-state index contributed by atoms with van der Waals surface area (Å²) in [5.41, 5.74) is 6.69. The minimum atomic E-state index is -4.48. The van der Waals surface area contributed by atoms with Gasteiger partial charge in [-0.2, -0.15) is 13.5 Å². The predicted octanol–water partition coefficient (Wildman–Crippen LogP) is 4.72. The molecule has 1 radical (unpaired) electrons. The molecule has 0 saturated carbocycles. The molecule has 0 aliphatic carbocycles. The van der Waals surface area contributed by atoms with E-state index in [1.54, 1.807) is 12.1 Å². The number of phenols is 1. The van der Waals surface area contributed by atoms with Crippen molar-refractivity contribution in [2.24, 2.45) is 10.2 Å². The molecule has 3 aromatic rings. The van der Waals surface area contributed by atoms with E-state index in [1.165, 1.54) is 24.3 Å². The molecule has 0 amide bonds. The molecular formula is C16H11Cl2N3NaO4S. The number of azo groups is 1. The van der Waals surface area contributed by atoms with Gasteiger partial charge in [-0.05, 0) is 35.7 Å². The number of nitrogens with zero attached hydrogens (tertiary/aromatic N) is 2. The topological polar surface area (TPSA) is 125 Å². The van der Waals surface area contributed by atoms with E-state index in [0.29, 0.717) is 21.1 Å². The number of anilines is 1. The molecule has 27 heavy (non-hydrogen) atoms. The number of aromatic hydroxyl groups is 1. The summed E-state index contributed by atoms with van der Waals surface area (Å²) in [4.78, 5) is -0.445. The number of halogens is 2. The van der Waals surface area contributed by atoms with Crippen LogP contribution in [-0.4, -0.2) is 47.6 Å². The first kappa shape index (κ1) is 21.9. The van der Waals surface area contributed by atoms with E-state index in [-0.39, 0.29) is 46.3 Å². The minimum Gasteiger partial charge on any atom is -0.507 e. The van der Waals surface area contributed by atoms with Crippen molar-refractivity contribution >= 4 is 90.7 Å². The van der Waals surface area contributed by atoms with Crippen LogP contribution in [0.15, 0.2) is 57.6 Å². The Labute approximate surface area is 186 Å². The van der Waals surface area contributed by atoms with E-state index in [0.717, 1.165) is 6.07 Å². The summed E-state index contributed by atoms with van der Waals surface area (Å²) >= 11 is 11.8. The molecule has 3 aromatic carbocycles. The molecule has 0 saturated heterocycles. The Hall–Kier alpha value is -1.39. The third-order valence-electron chi connectivity index (χ3n) is 3.54. The maximum absolute atomic E-state index is 11.3. The van der Waals surface area contributed by atoms with Crippen molar-refractivity contribution in [2.75, 3.05) is 5.73 Å². The second-order valence-electron chi connectivity index (χ2n) is 5.32. The Morgan fingerprint density at radius 3 is 2.30 bits per heavy atom. The molecule has 0 bridgehead atoms. The van der Waals surface area contributed by atoms with Crippen molar-refractivity contribution in [3.8, 4) is 5.75 Å². The normalized spacial score (nSPS) is 11.7. The van der Waals surface area contributed by atoms with E-state index in [1.807, 2.05) is 0 Å². The van der Waals surface area contributed by atoms with Gasteiger partial charge in [0.1, 0.15) is 11.4 Å². The molecule has 0 fully saturated rings. The Morgan fingerprint density at radius 2 is 1.67 bits per heavy atom. The minimum absolute atomic E-state index is 0. The van der Waals surface area contributed by atoms with E-state index in [4.69, 9.17) is 33.5 Å². The second-order valence-corrected chi connectivity index (χ2v) is 7.55. The van der Waals surface area contributed by atoms with Crippen LogP contribution in [-0.2, 0) is 10.1 Å². The fourth-order valence-corrected chi connectivity index (χ4v) is 3.15. The maximum atomic E-state index is 11.3. The summed E-state index contributed by atoms with van der Waals surface area (Å²) in [5, 5.41) is 19.5. The molecule has 4 N–H and O–H groups in total. The van der Waals surface area contributed by atoms with Gasteiger partial charge in [-0.1, -0.05) is 29.3 Å². The molecule has 3 rings (SSSR count). The summed E-state index contributed by atoms with van der Waals surface area (Å²) in [6.45, 7) is 0. The number of hydrogen-bond acceptors (Lipinski definition) is 6. The first-order valence-electron chi connectivity index (χ1n) is 7.06. The van der Waals surface area contributed by atoms with Gasteiger partial charge in [-0.25, -0.2) is 0 Å². The molecule has 0 aliphatic heterocycles. The largest absolute Gasteiger partial charge is 0.507 e. The first-order chi connectivity index (χ1) is 12.2. The van der Waals surface area contributed by atoms with Crippen LogP contribution in [0.3, 0.4) is 0 Å². The zero-order chi connectivity index (χ0) is 19.1. The van der Waals surface area contributed by atoms with Crippen LogP contribution in [0, 0.1) is 0 Å². The monoisotopic (exact) mass is 434 g/mol. The number of hydrogen-bond donors (Lipinski definition) is 3. The summed E-state index contributed by atoms with van der Waals surface area (Å²) in [5.74, 6) is -0.412. The molecule has 0 aromatic heterocycles. The second kappa shape index (κ2) is 8.32. The fourth-order valence-electron chi connectivity index (χ4n) is 2.33. The van der Waals surface area contributed by atoms with Crippen molar-refractivity contribution in [3.63, 3.8) is 0 Å². The van der Waals surface area contributed by atoms with Gasteiger partial charge >= 0.3 is 0 Å². The quantitative estimate of drug-likeness (QED) is 0.238. The van der Waals surface area contributed by atoms with Crippen molar-refractivity contribution in [1.82, 2.24) is 0 Å². The summed E-state index contributed by atoms with van der Waals surface area (Å²) in [6, 6.07) is 9.74. The van der Waals surface area contributed by atoms with Crippen molar-refractivity contribution in [3.05, 3.63) is 52.5 Å². The first-order valence-corrected chi connectivity index (χ1v) is 9.26. The van der Waals surface area contributed by atoms with Gasteiger partial charge in [0.25, 0.3) is 10.1 Å². The third-order valence-corrected chi connectivity index (χ3v) is 5.11. The number of nitrogen functional groups attached to an aromatic ring is 1. The molecule has 135 valence electrons. The van der Waals surface area contributed by atoms with Crippen LogP contribution in [0.1, 0.15) is 0 Å². The van der Waals surface area contributed by atoms with Crippen molar-refractivity contribution in [2.45, 2.75) is 4.90 Å². The van der Waals surface area contributed by atoms with Crippen molar-refractivity contribution < 1.29 is 18.1 Å². The average molecular weight is 435 g/mol. The average Bonchev–Trinajstić information content (AvgIpc) is 2.56. The standard InChI is InChI=1S/C16H11Cl2N3O4S.Na/c17-11-3-2-9(6-12(11)18)20-21-16-13(19)4-1-8-5-10(26(23,24)25)7-14(22)15(8)16;/h1-7,22H,19H2,(H,23,24,25);. The number of phenolic OH excluding ortho intramolecular Hbond substituents is 1. The van der Waals surface area contributed by atoms with Crippen LogP contribution in [0.5, 0.6) is 5.75 Å². The third kappa shape index (κ3) is 4.72. The molecule has 11 heteroatoms. The molecule has 7 nitrogen and oxygen atoms in total. The van der Waals surface area contributed by atoms with E-state index >= 15 is 0 Å². The predicted molar refractivity (Wildman–Crippen MR) is 106 cm³/mol. The van der Waals surface area contributed by atoms with Gasteiger partial charge in [-0.15, -0.1) is 5.11 Å². The summed E-state index contributed by atoms with van der Waals surface area (Å²) in [6.07, 6.45) is 0. The molecule has 0 aliphatic rings. The molecule has 0 unspecified atom stereocenters. The fraction of sp³-hybridized carbons (Fsp3) is 0. The number of nitrogens with two attached hydrogens (primary N) is 1. The van der Waals surface area contributed by atoms with E-state index in [2.05, 4.69) is 10.2 Å². The van der Waals surface area contributed by atoms with Crippen LogP contribution in [0.4, 0.5) is 17.1 Å². The van der Waals surface area contributed by atoms with Gasteiger partial charge in [0, 0.05) is 35.6 Å². The van der Waals surface area contributed by atoms with Crippen LogP contribution < -0.4 is 5.73 Å². The molecular weight excluding hydrogens is 424 g/mol. The number of rotatable bonds is 3. The number of fused-ring (bicyclic) bond motifs is 1. The Balaban J connectivity index is 0.00000261. The zero-order valence-corrected chi connectivity index (χ0v) is 18.2. The summed E-state index contributed by atoms with van der Waals surface area (Å²) in [7, 11) is -4.48. The Morgan fingerprint density at radius 1 is 0.963 bits per heavy atom. The van der Waals surface area contributed by atoms with Gasteiger partial charge in [0.15, 0.2) is 0 Å². The zero-order valence-electron chi connectivity index (χ0n) is 13.9. The Bertz CT molecular complexity index is 1170. The van der Waals surface area contributed by atoms with Gasteiger partial charge in [-0.3, -0.25) is 4.55 Å².